The highest BCUT2D eigenvalue weighted by molar-refractivity contribution is 9.10. The first kappa shape index (κ1) is 14.5. The number of anilines is 1. The summed E-state index contributed by atoms with van der Waals surface area (Å²) < 4.78 is 0.955. The molecule has 0 bridgehead atoms. The third-order valence-corrected chi connectivity index (χ3v) is 3.95. The van der Waals surface area contributed by atoms with E-state index in [0.29, 0.717) is 5.92 Å². The molecule has 0 aliphatic carbocycles. The van der Waals surface area contributed by atoms with Crippen LogP contribution in [0.4, 0.5) is 5.69 Å². The Morgan fingerprint density at radius 2 is 1.95 bits per heavy atom. The lowest BCUT2D eigenvalue weighted by atomic mass is 10.1. The highest BCUT2D eigenvalue weighted by atomic mass is 79.9. The second-order valence-corrected chi connectivity index (χ2v) is 6.42. The quantitative estimate of drug-likeness (QED) is 0.795. The predicted molar refractivity (Wildman–Crippen MR) is 83.0 cm³/mol. The Morgan fingerprint density at radius 1 is 1.26 bits per heavy atom. The van der Waals surface area contributed by atoms with E-state index in [1.165, 1.54) is 0 Å². The fourth-order valence-corrected chi connectivity index (χ4v) is 2.97. The van der Waals surface area contributed by atoms with Crippen LogP contribution < -0.4 is 4.90 Å². The molecule has 0 radical (unpaired) electrons. The van der Waals surface area contributed by atoms with Crippen molar-refractivity contribution >= 4 is 27.9 Å². The first-order valence-corrected chi connectivity index (χ1v) is 7.61. The third kappa shape index (κ3) is 3.80. The van der Waals surface area contributed by atoms with Crippen LogP contribution in [0.5, 0.6) is 0 Å². The summed E-state index contributed by atoms with van der Waals surface area (Å²) in [6, 6.07) is 5.93. The Kier molecular flexibility index (Phi) is 4.99. The van der Waals surface area contributed by atoms with Crippen LogP contribution in [-0.2, 0) is 0 Å². The lowest BCUT2D eigenvalue weighted by Crippen LogP contribution is -2.47. The van der Waals surface area contributed by atoms with Crippen molar-refractivity contribution in [1.82, 2.24) is 4.90 Å². The average molecular weight is 325 g/mol. The predicted octanol–water partition coefficient (Wildman–Crippen LogP) is 3.04. The molecule has 1 aliphatic rings. The van der Waals surface area contributed by atoms with E-state index in [1.807, 2.05) is 18.2 Å². The van der Waals surface area contributed by atoms with Gasteiger partial charge in [-0.15, -0.1) is 0 Å². The minimum absolute atomic E-state index is 0.713. The van der Waals surface area contributed by atoms with Crippen LogP contribution in [0.2, 0.25) is 0 Å². The maximum atomic E-state index is 11.2. The van der Waals surface area contributed by atoms with Crippen molar-refractivity contribution in [2.75, 3.05) is 37.6 Å². The van der Waals surface area contributed by atoms with Crippen LogP contribution in [0.25, 0.3) is 0 Å². The number of carbonyl (C=O) groups is 1. The van der Waals surface area contributed by atoms with Crippen molar-refractivity contribution in [2.24, 2.45) is 5.92 Å². The molecule has 1 aliphatic heterocycles. The molecule has 1 fully saturated rings. The Labute approximate surface area is 123 Å². The fraction of sp³-hybridized carbons (Fsp3) is 0.533. The largest absolute Gasteiger partial charge is 0.368 e. The zero-order valence-electron chi connectivity index (χ0n) is 11.6. The van der Waals surface area contributed by atoms with Crippen LogP contribution >= 0.6 is 15.9 Å². The van der Waals surface area contributed by atoms with E-state index in [1.54, 1.807) is 0 Å². The van der Waals surface area contributed by atoms with Crippen LogP contribution in [-0.4, -0.2) is 43.9 Å². The first-order valence-electron chi connectivity index (χ1n) is 6.82. The van der Waals surface area contributed by atoms with E-state index in [9.17, 15) is 4.79 Å². The van der Waals surface area contributed by atoms with E-state index in [2.05, 4.69) is 39.6 Å². The highest BCUT2D eigenvalue weighted by Gasteiger charge is 2.19. The summed E-state index contributed by atoms with van der Waals surface area (Å²) >= 11 is 3.41. The summed E-state index contributed by atoms with van der Waals surface area (Å²) in [5.74, 6) is 0.713. The summed E-state index contributed by atoms with van der Waals surface area (Å²) in [5, 5.41) is 0. The number of rotatable bonds is 4. The normalized spacial score (nSPS) is 16.9. The molecule has 2 rings (SSSR count). The fourth-order valence-electron chi connectivity index (χ4n) is 2.60. The van der Waals surface area contributed by atoms with Crippen molar-refractivity contribution < 1.29 is 4.79 Å². The molecule has 104 valence electrons. The number of hydrogen-bond acceptors (Lipinski definition) is 3. The summed E-state index contributed by atoms with van der Waals surface area (Å²) in [6.45, 7) is 9.81. The molecule has 1 saturated heterocycles. The molecule has 0 unspecified atom stereocenters. The van der Waals surface area contributed by atoms with E-state index in [0.717, 1.165) is 54.7 Å². The standard InChI is InChI=1S/C15H21BrN2O/c1-12(2)10-17-5-7-18(8-6-17)15-4-3-14(16)9-13(15)11-19/h3-4,9,11-12H,5-8,10H2,1-2H3. The van der Waals surface area contributed by atoms with Crippen molar-refractivity contribution in [3.8, 4) is 0 Å². The van der Waals surface area contributed by atoms with Crippen molar-refractivity contribution in [1.29, 1.82) is 0 Å². The molecule has 0 saturated carbocycles. The Bertz CT molecular complexity index is 440. The number of hydrogen-bond donors (Lipinski definition) is 0. The Morgan fingerprint density at radius 3 is 2.53 bits per heavy atom. The van der Waals surface area contributed by atoms with Gasteiger partial charge in [-0.2, -0.15) is 0 Å². The topological polar surface area (TPSA) is 23.6 Å². The lowest BCUT2D eigenvalue weighted by molar-refractivity contribution is 0.112. The van der Waals surface area contributed by atoms with Crippen molar-refractivity contribution in [2.45, 2.75) is 13.8 Å². The molecule has 0 amide bonds. The van der Waals surface area contributed by atoms with Gasteiger partial charge in [0, 0.05) is 48.4 Å². The van der Waals surface area contributed by atoms with Crippen LogP contribution in [0.15, 0.2) is 22.7 Å². The number of carbonyl (C=O) groups excluding carboxylic acids is 1. The van der Waals surface area contributed by atoms with E-state index < -0.39 is 0 Å². The van der Waals surface area contributed by atoms with Gasteiger partial charge in [0.25, 0.3) is 0 Å². The van der Waals surface area contributed by atoms with E-state index in [-0.39, 0.29) is 0 Å². The SMILES string of the molecule is CC(C)CN1CCN(c2ccc(Br)cc2C=O)CC1. The van der Waals surface area contributed by atoms with E-state index >= 15 is 0 Å². The number of nitrogens with zero attached hydrogens (tertiary/aromatic N) is 2. The van der Waals surface area contributed by atoms with Gasteiger partial charge in [-0.3, -0.25) is 9.69 Å². The smallest absolute Gasteiger partial charge is 0.152 e. The zero-order valence-corrected chi connectivity index (χ0v) is 13.2. The number of piperazine rings is 1. The molecule has 0 spiro atoms. The molecule has 19 heavy (non-hydrogen) atoms. The Balaban J connectivity index is 2.03. The maximum Gasteiger partial charge on any atom is 0.152 e. The lowest BCUT2D eigenvalue weighted by Gasteiger charge is -2.37. The second kappa shape index (κ2) is 6.53. The van der Waals surface area contributed by atoms with E-state index in [4.69, 9.17) is 0 Å². The van der Waals surface area contributed by atoms with Gasteiger partial charge in [0.15, 0.2) is 6.29 Å². The summed E-state index contributed by atoms with van der Waals surface area (Å²) in [5.41, 5.74) is 1.83. The van der Waals surface area contributed by atoms with Gasteiger partial charge in [0.1, 0.15) is 0 Å². The van der Waals surface area contributed by atoms with Gasteiger partial charge in [-0.05, 0) is 24.1 Å². The summed E-state index contributed by atoms with van der Waals surface area (Å²) in [7, 11) is 0. The molecule has 0 aromatic heterocycles. The van der Waals surface area contributed by atoms with Gasteiger partial charge >= 0.3 is 0 Å². The first-order chi connectivity index (χ1) is 9.10. The van der Waals surface area contributed by atoms with Gasteiger partial charge < -0.3 is 4.90 Å². The van der Waals surface area contributed by atoms with Gasteiger partial charge in [-0.1, -0.05) is 29.8 Å². The summed E-state index contributed by atoms with van der Waals surface area (Å²) in [4.78, 5) is 16.0. The number of halogens is 1. The molecule has 1 heterocycles. The minimum Gasteiger partial charge on any atom is -0.368 e. The molecule has 1 aromatic rings. The number of aldehydes is 1. The van der Waals surface area contributed by atoms with Gasteiger partial charge in [-0.25, -0.2) is 0 Å². The molecule has 4 heteroatoms. The zero-order chi connectivity index (χ0) is 13.8. The molecule has 0 atom stereocenters. The second-order valence-electron chi connectivity index (χ2n) is 5.50. The third-order valence-electron chi connectivity index (χ3n) is 3.45. The van der Waals surface area contributed by atoms with Crippen LogP contribution in [0.1, 0.15) is 24.2 Å². The minimum atomic E-state index is 0.713. The highest BCUT2D eigenvalue weighted by Crippen LogP contribution is 2.24. The Hall–Kier alpha value is -0.870. The molecular weight excluding hydrogens is 304 g/mol. The van der Waals surface area contributed by atoms with Gasteiger partial charge in [0.05, 0.1) is 0 Å². The number of benzene rings is 1. The molecule has 3 nitrogen and oxygen atoms in total. The molecular formula is C15H21BrN2O. The average Bonchev–Trinajstić information content (AvgIpc) is 2.39. The van der Waals surface area contributed by atoms with Gasteiger partial charge in [0.2, 0.25) is 0 Å². The van der Waals surface area contributed by atoms with Crippen LogP contribution in [0, 0.1) is 5.92 Å². The van der Waals surface area contributed by atoms with Crippen LogP contribution in [0.3, 0.4) is 0 Å². The van der Waals surface area contributed by atoms with Crippen molar-refractivity contribution in [3.05, 3.63) is 28.2 Å². The molecule has 0 N–H and O–H groups in total. The monoisotopic (exact) mass is 324 g/mol. The maximum absolute atomic E-state index is 11.2. The summed E-state index contributed by atoms with van der Waals surface area (Å²) in [6.07, 6.45) is 0.945. The molecule has 1 aromatic carbocycles. The van der Waals surface area contributed by atoms with Crippen molar-refractivity contribution in [3.63, 3.8) is 0 Å².